The first-order chi connectivity index (χ1) is 8.75. The van der Waals surface area contributed by atoms with E-state index in [1.165, 1.54) is 0 Å². The molecule has 1 unspecified atom stereocenters. The quantitative estimate of drug-likeness (QED) is 0.786. The average Bonchev–Trinajstić information content (AvgIpc) is 2.83. The van der Waals surface area contributed by atoms with Gasteiger partial charge in [0.15, 0.2) is 4.67 Å². The molecular weight excluding hydrogens is 292 g/mol. The molecule has 1 aromatic carbocycles. The number of nitrogens with zero attached hydrogens (tertiary/aromatic N) is 1. The highest BCUT2D eigenvalue weighted by Gasteiger charge is 2.14. The maximum Gasteiger partial charge on any atom is 0.174 e. The third-order valence-corrected chi connectivity index (χ3v) is 3.61. The van der Waals surface area contributed by atoms with Crippen LogP contribution in [0.25, 0.3) is 10.9 Å². The van der Waals surface area contributed by atoms with E-state index in [0.29, 0.717) is 4.67 Å². The average molecular weight is 303 g/mol. The minimum absolute atomic E-state index is 0.218. The summed E-state index contributed by atoms with van der Waals surface area (Å²) >= 11 is 3.35. The van der Waals surface area contributed by atoms with Crippen LogP contribution in [0, 0.1) is 0 Å². The van der Waals surface area contributed by atoms with Crippen molar-refractivity contribution in [1.82, 2.24) is 4.98 Å². The molecule has 2 N–H and O–H groups in total. The Balaban J connectivity index is 2.07. The Morgan fingerprint density at radius 3 is 2.89 bits per heavy atom. The molecule has 90 valence electrons. The summed E-state index contributed by atoms with van der Waals surface area (Å²) in [6, 6.07) is 11.7. The van der Waals surface area contributed by atoms with Gasteiger partial charge in [-0.25, -0.2) is 0 Å². The van der Waals surface area contributed by atoms with Crippen LogP contribution in [0.4, 0.5) is 0 Å². The molecular formula is C14H11BrN2O. The third kappa shape index (κ3) is 1.94. The molecule has 0 radical (unpaired) electrons. The zero-order valence-corrected chi connectivity index (χ0v) is 11.1. The molecule has 0 aliphatic rings. The Morgan fingerprint density at radius 2 is 2.11 bits per heavy atom. The summed E-state index contributed by atoms with van der Waals surface area (Å²) in [5.74, 6) is 0. The summed E-state index contributed by atoms with van der Waals surface area (Å²) in [6.45, 7) is 0. The molecule has 2 aromatic heterocycles. The number of halogens is 1. The lowest BCUT2D eigenvalue weighted by Gasteiger charge is -2.11. The lowest BCUT2D eigenvalue weighted by Crippen LogP contribution is -2.11. The normalized spacial score (nSPS) is 12.8. The number of pyridine rings is 1. The summed E-state index contributed by atoms with van der Waals surface area (Å²) in [4.78, 5) is 4.34. The van der Waals surface area contributed by atoms with E-state index in [-0.39, 0.29) is 6.04 Å². The van der Waals surface area contributed by atoms with Gasteiger partial charge in [-0.05, 0) is 39.7 Å². The zero-order chi connectivity index (χ0) is 12.5. The lowest BCUT2D eigenvalue weighted by atomic mass is 10.0. The number of rotatable bonds is 2. The van der Waals surface area contributed by atoms with Gasteiger partial charge in [0.1, 0.15) is 0 Å². The van der Waals surface area contributed by atoms with E-state index in [4.69, 9.17) is 10.2 Å². The van der Waals surface area contributed by atoms with Gasteiger partial charge >= 0.3 is 0 Å². The summed E-state index contributed by atoms with van der Waals surface area (Å²) < 4.78 is 5.89. The molecule has 18 heavy (non-hydrogen) atoms. The fourth-order valence-corrected chi connectivity index (χ4v) is 2.47. The molecule has 0 saturated carbocycles. The summed E-state index contributed by atoms with van der Waals surface area (Å²) in [5.41, 5.74) is 9.14. The van der Waals surface area contributed by atoms with Crippen molar-refractivity contribution in [3.8, 4) is 0 Å². The molecule has 0 aliphatic carbocycles. The monoisotopic (exact) mass is 302 g/mol. The number of hydrogen-bond donors (Lipinski definition) is 1. The SMILES string of the molecule is NC(c1ccc2cccnc2c1)c1ccoc1Br. The number of fused-ring (bicyclic) bond motifs is 1. The molecule has 0 bridgehead atoms. The van der Waals surface area contributed by atoms with Crippen LogP contribution in [0.2, 0.25) is 0 Å². The summed E-state index contributed by atoms with van der Waals surface area (Å²) in [5, 5.41) is 1.11. The van der Waals surface area contributed by atoms with Crippen molar-refractivity contribution in [2.75, 3.05) is 0 Å². The van der Waals surface area contributed by atoms with Gasteiger partial charge < -0.3 is 10.2 Å². The van der Waals surface area contributed by atoms with Crippen LogP contribution in [0.5, 0.6) is 0 Å². The van der Waals surface area contributed by atoms with Crippen LogP contribution in [-0.2, 0) is 0 Å². The topological polar surface area (TPSA) is 52.0 Å². The molecule has 0 aliphatic heterocycles. The standard InChI is InChI=1S/C14H11BrN2O/c15-14-11(5-7-18-14)13(16)10-4-3-9-2-1-6-17-12(9)8-10/h1-8,13H,16H2. The number of furan rings is 1. The second kappa shape index (κ2) is 4.55. The van der Waals surface area contributed by atoms with Crippen LogP contribution in [0.3, 0.4) is 0 Å². The highest BCUT2D eigenvalue weighted by molar-refractivity contribution is 9.10. The maximum atomic E-state index is 6.23. The maximum absolute atomic E-state index is 6.23. The molecule has 3 aromatic rings. The number of hydrogen-bond acceptors (Lipinski definition) is 3. The van der Waals surface area contributed by atoms with E-state index in [0.717, 1.165) is 22.0 Å². The predicted octanol–water partition coefficient (Wildman–Crippen LogP) is 3.64. The van der Waals surface area contributed by atoms with Crippen LogP contribution in [0.1, 0.15) is 17.2 Å². The fourth-order valence-electron chi connectivity index (χ4n) is 1.98. The molecule has 3 nitrogen and oxygen atoms in total. The third-order valence-electron chi connectivity index (χ3n) is 2.97. The van der Waals surface area contributed by atoms with Gasteiger partial charge in [-0.1, -0.05) is 18.2 Å². The minimum Gasteiger partial charge on any atom is -0.457 e. The van der Waals surface area contributed by atoms with Crippen LogP contribution in [-0.4, -0.2) is 4.98 Å². The van der Waals surface area contributed by atoms with Crippen LogP contribution in [0.15, 0.2) is 57.9 Å². The first kappa shape index (κ1) is 11.4. The first-order valence-electron chi connectivity index (χ1n) is 5.59. The smallest absolute Gasteiger partial charge is 0.174 e. The van der Waals surface area contributed by atoms with E-state index in [1.54, 1.807) is 12.5 Å². The Morgan fingerprint density at radius 1 is 1.22 bits per heavy atom. The summed E-state index contributed by atoms with van der Waals surface area (Å²) in [7, 11) is 0. The molecule has 0 saturated heterocycles. The number of nitrogens with two attached hydrogens (primary N) is 1. The van der Waals surface area contributed by atoms with Crippen LogP contribution >= 0.6 is 15.9 Å². The minimum atomic E-state index is -0.218. The van der Waals surface area contributed by atoms with Crippen molar-refractivity contribution in [2.45, 2.75) is 6.04 Å². The van der Waals surface area contributed by atoms with Crippen molar-refractivity contribution >= 4 is 26.8 Å². The van der Waals surface area contributed by atoms with Crippen molar-refractivity contribution < 1.29 is 4.42 Å². The molecule has 0 amide bonds. The van der Waals surface area contributed by atoms with Gasteiger partial charge in [0, 0.05) is 17.1 Å². The van der Waals surface area contributed by atoms with E-state index < -0.39 is 0 Å². The fraction of sp³-hybridized carbons (Fsp3) is 0.0714. The molecule has 0 fully saturated rings. The second-order valence-corrected chi connectivity index (χ2v) is 4.80. The molecule has 3 rings (SSSR count). The predicted molar refractivity (Wildman–Crippen MR) is 74.2 cm³/mol. The van der Waals surface area contributed by atoms with Crippen molar-refractivity contribution in [1.29, 1.82) is 0 Å². The van der Waals surface area contributed by atoms with E-state index in [2.05, 4.69) is 20.9 Å². The first-order valence-corrected chi connectivity index (χ1v) is 6.38. The van der Waals surface area contributed by atoms with E-state index in [9.17, 15) is 0 Å². The van der Waals surface area contributed by atoms with Gasteiger partial charge in [-0.2, -0.15) is 0 Å². The lowest BCUT2D eigenvalue weighted by molar-refractivity contribution is 0.534. The Kier molecular flexibility index (Phi) is 2.89. The van der Waals surface area contributed by atoms with E-state index in [1.807, 2.05) is 36.4 Å². The van der Waals surface area contributed by atoms with Crippen molar-refractivity contribution in [3.05, 3.63) is 64.7 Å². The summed E-state index contributed by atoms with van der Waals surface area (Å²) in [6.07, 6.45) is 3.41. The highest BCUT2D eigenvalue weighted by atomic mass is 79.9. The molecule has 0 spiro atoms. The van der Waals surface area contributed by atoms with Crippen LogP contribution < -0.4 is 5.73 Å². The van der Waals surface area contributed by atoms with Gasteiger partial charge in [0.25, 0.3) is 0 Å². The Labute approximate surface area is 113 Å². The molecule has 2 heterocycles. The van der Waals surface area contributed by atoms with E-state index >= 15 is 0 Å². The second-order valence-electron chi connectivity index (χ2n) is 4.08. The van der Waals surface area contributed by atoms with Gasteiger partial charge in [0.05, 0.1) is 17.8 Å². The largest absolute Gasteiger partial charge is 0.457 e. The van der Waals surface area contributed by atoms with Crippen molar-refractivity contribution in [2.24, 2.45) is 5.73 Å². The van der Waals surface area contributed by atoms with Gasteiger partial charge in [-0.3, -0.25) is 4.98 Å². The molecule has 4 heteroatoms. The zero-order valence-electron chi connectivity index (χ0n) is 9.51. The number of benzene rings is 1. The van der Waals surface area contributed by atoms with Gasteiger partial charge in [-0.15, -0.1) is 0 Å². The Bertz CT molecular complexity index is 693. The van der Waals surface area contributed by atoms with Crippen molar-refractivity contribution in [3.63, 3.8) is 0 Å². The highest BCUT2D eigenvalue weighted by Crippen LogP contribution is 2.28. The number of aromatic nitrogens is 1. The molecule has 1 atom stereocenters. The van der Waals surface area contributed by atoms with Gasteiger partial charge in [0.2, 0.25) is 0 Å². The Hall–Kier alpha value is -1.65.